The van der Waals surface area contributed by atoms with Gasteiger partial charge in [0.15, 0.2) is 0 Å². The smallest absolute Gasteiger partial charge is 0.139 e. The Hall–Kier alpha value is -3.21. The van der Waals surface area contributed by atoms with E-state index < -0.39 is 0 Å². The molecule has 0 fully saturated rings. The summed E-state index contributed by atoms with van der Waals surface area (Å²) in [4.78, 5) is 8.93. The van der Waals surface area contributed by atoms with Gasteiger partial charge in [-0.3, -0.25) is 9.67 Å². The van der Waals surface area contributed by atoms with E-state index in [0.717, 1.165) is 35.6 Å². The zero-order valence-electron chi connectivity index (χ0n) is 14.1. The first kappa shape index (κ1) is 15.3. The predicted molar refractivity (Wildman–Crippen MR) is 97.8 cm³/mol. The second-order valence-electron chi connectivity index (χ2n) is 6.01. The van der Waals surface area contributed by atoms with Crippen LogP contribution >= 0.6 is 0 Å². The van der Waals surface area contributed by atoms with Crippen LogP contribution in [0.15, 0.2) is 73.4 Å². The van der Waals surface area contributed by atoms with Gasteiger partial charge in [0.2, 0.25) is 0 Å². The van der Waals surface area contributed by atoms with Crippen molar-refractivity contribution in [2.24, 2.45) is 7.05 Å². The second-order valence-corrected chi connectivity index (χ2v) is 6.01. The molecule has 0 amide bonds. The summed E-state index contributed by atoms with van der Waals surface area (Å²) in [5.41, 5.74) is 4.43. The molecule has 1 aromatic carbocycles. The van der Waals surface area contributed by atoms with Gasteiger partial charge >= 0.3 is 0 Å². The monoisotopic (exact) mass is 329 g/mol. The van der Waals surface area contributed by atoms with Crippen molar-refractivity contribution in [3.8, 4) is 22.6 Å². The van der Waals surface area contributed by atoms with Crippen molar-refractivity contribution in [3.63, 3.8) is 0 Å². The Morgan fingerprint density at radius 3 is 2.48 bits per heavy atom. The van der Waals surface area contributed by atoms with Crippen molar-refractivity contribution < 1.29 is 0 Å². The molecule has 0 unspecified atom stereocenters. The van der Waals surface area contributed by atoms with Crippen LogP contribution in [0.2, 0.25) is 0 Å². The van der Waals surface area contributed by atoms with Gasteiger partial charge in [-0.25, -0.2) is 4.98 Å². The number of nitrogens with zero attached hydrogens (tertiary/aromatic N) is 5. The Morgan fingerprint density at radius 1 is 0.920 bits per heavy atom. The molecule has 4 rings (SSSR count). The summed E-state index contributed by atoms with van der Waals surface area (Å²) >= 11 is 0. The molecule has 0 saturated carbocycles. The van der Waals surface area contributed by atoms with E-state index in [-0.39, 0.29) is 0 Å². The minimum absolute atomic E-state index is 0.878. The number of aromatic nitrogens is 5. The molecular weight excluding hydrogens is 310 g/mol. The lowest BCUT2D eigenvalue weighted by molar-refractivity contribution is 0.701. The average Bonchev–Trinajstić information content (AvgIpc) is 3.29. The van der Waals surface area contributed by atoms with E-state index in [9.17, 15) is 0 Å². The third kappa shape index (κ3) is 3.35. The maximum atomic E-state index is 4.53. The molecule has 0 bridgehead atoms. The van der Waals surface area contributed by atoms with Gasteiger partial charge < -0.3 is 4.57 Å². The third-order valence-electron chi connectivity index (χ3n) is 4.22. The Labute approximate surface area is 146 Å². The quantitative estimate of drug-likeness (QED) is 0.562. The van der Waals surface area contributed by atoms with E-state index in [4.69, 9.17) is 0 Å². The predicted octanol–water partition coefficient (Wildman–Crippen LogP) is 3.59. The zero-order chi connectivity index (χ0) is 17.1. The molecular formula is C20H19N5. The summed E-state index contributed by atoms with van der Waals surface area (Å²) < 4.78 is 4.02. The largest absolute Gasteiger partial charge is 0.331 e. The average molecular weight is 329 g/mol. The van der Waals surface area contributed by atoms with Crippen molar-refractivity contribution in [1.29, 1.82) is 0 Å². The molecule has 0 atom stereocenters. The fourth-order valence-corrected chi connectivity index (χ4v) is 2.92. The van der Waals surface area contributed by atoms with E-state index in [1.165, 1.54) is 5.56 Å². The molecule has 0 saturated heterocycles. The Morgan fingerprint density at radius 2 is 1.76 bits per heavy atom. The van der Waals surface area contributed by atoms with Crippen LogP contribution in [0.25, 0.3) is 22.6 Å². The van der Waals surface area contributed by atoms with E-state index in [0.29, 0.717) is 0 Å². The summed E-state index contributed by atoms with van der Waals surface area (Å²) in [6, 6.07) is 14.3. The highest BCUT2D eigenvalue weighted by molar-refractivity contribution is 5.65. The molecule has 0 N–H and O–H groups in total. The Balaban J connectivity index is 1.53. The van der Waals surface area contributed by atoms with E-state index in [1.807, 2.05) is 54.7 Å². The van der Waals surface area contributed by atoms with Crippen molar-refractivity contribution >= 4 is 0 Å². The molecule has 0 aliphatic carbocycles. The molecule has 25 heavy (non-hydrogen) atoms. The van der Waals surface area contributed by atoms with Gasteiger partial charge in [0.1, 0.15) is 5.82 Å². The number of hydrogen-bond acceptors (Lipinski definition) is 3. The molecule has 4 aromatic rings. The number of rotatable bonds is 5. The lowest BCUT2D eigenvalue weighted by atomic mass is 10.1. The van der Waals surface area contributed by atoms with Crippen LogP contribution in [0, 0.1) is 0 Å². The number of pyridine rings is 1. The van der Waals surface area contributed by atoms with E-state index in [2.05, 4.69) is 50.1 Å². The topological polar surface area (TPSA) is 48.5 Å². The van der Waals surface area contributed by atoms with E-state index in [1.54, 1.807) is 0 Å². The molecule has 0 radical (unpaired) electrons. The molecule has 3 heterocycles. The van der Waals surface area contributed by atoms with Gasteiger partial charge in [0.25, 0.3) is 0 Å². The Kier molecular flexibility index (Phi) is 4.12. The van der Waals surface area contributed by atoms with Gasteiger partial charge in [0.05, 0.1) is 11.9 Å². The summed E-state index contributed by atoms with van der Waals surface area (Å²) in [7, 11) is 1.94. The first-order valence-corrected chi connectivity index (χ1v) is 8.30. The minimum Gasteiger partial charge on any atom is -0.331 e. The maximum absolute atomic E-state index is 4.53. The third-order valence-corrected chi connectivity index (χ3v) is 4.22. The van der Waals surface area contributed by atoms with Crippen molar-refractivity contribution in [3.05, 3.63) is 79.0 Å². The molecule has 0 spiro atoms. The van der Waals surface area contributed by atoms with Crippen molar-refractivity contribution in [2.75, 3.05) is 0 Å². The van der Waals surface area contributed by atoms with Crippen LogP contribution in [-0.2, 0) is 20.0 Å². The molecule has 124 valence electrons. The number of imidazole rings is 1. The number of hydrogen-bond donors (Lipinski definition) is 0. The van der Waals surface area contributed by atoms with Gasteiger partial charge in [-0.2, -0.15) is 5.10 Å². The molecule has 0 aliphatic heterocycles. The normalized spacial score (nSPS) is 10.9. The summed E-state index contributed by atoms with van der Waals surface area (Å²) in [6.07, 6.45) is 10.6. The fourth-order valence-electron chi connectivity index (χ4n) is 2.92. The summed E-state index contributed by atoms with van der Waals surface area (Å²) in [6.45, 7) is 0.878. The van der Waals surface area contributed by atoms with Crippen LogP contribution in [0.5, 0.6) is 0 Å². The highest BCUT2D eigenvalue weighted by atomic mass is 15.2. The summed E-state index contributed by atoms with van der Waals surface area (Å²) in [5, 5.41) is 4.22. The highest BCUT2D eigenvalue weighted by Gasteiger charge is 2.07. The fraction of sp³-hybridized carbons (Fsp3) is 0.150. The van der Waals surface area contributed by atoms with Crippen molar-refractivity contribution in [2.45, 2.75) is 13.0 Å². The van der Waals surface area contributed by atoms with Crippen LogP contribution in [0.4, 0.5) is 0 Å². The lowest BCUT2D eigenvalue weighted by Crippen LogP contribution is -2.02. The van der Waals surface area contributed by atoms with Gasteiger partial charge in [0, 0.05) is 49.5 Å². The van der Waals surface area contributed by atoms with E-state index >= 15 is 0 Å². The van der Waals surface area contributed by atoms with Gasteiger partial charge in [-0.1, -0.05) is 30.3 Å². The SMILES string of the molecule is Cn1cc(CCn2ccnc2-c2ccc(-c3ccccn3)cc2)cn1. The van der Waals surface area contributed by atoms with Crippen LogP contribution < -0.4 is 0 Å². The molecule has 5 nitrogen and oxygen atoms in total. The lowest BCUT2D eigenvalue weighted by Gasteiger charge is -2.08. The van der Waals surface area contributed by atoms with Gasteiger partial charge in [-0.15, -0.1) is 0 Å². The minimum atomic E-state index is 0.878. The van der Waals surface area contributed by atoms with Gasteiger partial charge in [-0.05, 0) is 24.1 Å². The molecule has 0 aliphatic rings. The highest BCUT2D eigenvalue weighted by Crippen LogP contribution is 2.23. The van der Waals surface area contributed by atoms with Crippen LogP contribution in [0.1, 0.15) is 5.56 Å². The second kappa shape index (κ2) is 6.73. The zero-order valence-corrected chi connectivity index (χ0v) is 14.1. The first-order chi connectivity index (χ1) is 12.3. The van der Waals surface area contributed by atoms with Crippen LogP contribution in [0.3, 0.4) is 0 Å². The molecule has 5 heteroatoms. The molecule has 3 aromatic heterocycles. The number of aryl methyl sites for hydroxylation is 3. The maximum Gasteiger partial charge on any atom is 0.139 e. The van der Waals surface area contributed by atoms with Crippen molar-refractivity contribution in [1.82, 2.24) is 24.3 Å². The first-order valence-electron chi connectivity index (χ1n) is 8.30. The Bertz CT molecular complexity index is 951. The standard InChI is InChI=1S/C20H19N5/c1-24-15-16(14-23-24)9-12-25-13-11-22-20(25)18-7-5-17(6-8-18)19-4-2-3-10-21-19/h2-8,10-11,13-15H,9,12H2,1H3. The van der Waals surface area contributed by atoms with Crippen LogP contribution in [-0.4, -0.2) is 24.3 Å². The number of benzene rings is 1. The summed E-state index contributed by atoms with van der Waals surface area (Å²) in [5.74, 6) is 0.983.